The van der Waals surface area contributed by atoms with E-state index < -0.39 is 0 Å². The van der Waals surface area contributed by atoms with E-state index in [2.05, 4.69) is 27.0 Å². The Hall–Kier alpha value is -3.42. The zero-order valence-corrected chi connectivity index (χ0v) is 17.1. The monoisotopic (exact) mass is 404 g/mol. The third-order valence-corrected chi connectivity index (χ3v) is 6.01. The number of ether oxygens (including phenoxy) is 1. The van der Waals surface area contributed by atoms with Crippen LogP contribution in [-0.2, 0) is 0 Å². The molecule has 1 aliphatic carbocycles. The number of nitrogens with zero attached hydrogens (tertiary/aromatic N) is 5. The summed E-state index contributed by atoms with van der Waals surface area (Å²) in [6.07, 6.45) is 10.2. The fraction of sp³-hybridized carbons (Fsp3) is 0.364. The molecule has 1 saturated carbocycles. The summed E-state index contributed by atoms with van der Waals surface area (Å²) < 4.78 is 9.17. The highest BCUT2D eigenvalue weighted by molar-refractivity contribution is 6.08. The summed E-state index contributed by atoms with van der Waals surface area (Å²) in [4.78, 5) is 17.3. The molecule has 0 bridgehead atoms. The van der Waals surface area contributed by atoms with Gasteiger partial charge in [0.2, 0.25) is 0 Å². The third-order valence-electron chi connectivity index (χ3n) is 6.01. The van der Waals surface area contributed by atoms with Crippen molar-refractivity contribution in [2.45, 2.75) is 38.6 Å². The minimum atomic E-state index is -0.278. The van der Waals surface area contributed by atoms with E-state index in [9.17, 15) is 4.79 Å². The van der Waals surface area contributed by atoms with Crippen LogP contribution in [0.4, 0.5) is 5.82 Å². The third kappa shape index (κ3) is 3.18. The first-order valence-electron chi connectivity index (χ1n) is 10.3. The van der Waals surface area contributed by atoms with Crippen molar-refractivity contribution in [3.8, 4) is 5.75 Å². The molecule has 3 aromatic heterocycles. The van der Waals surface area contributed by atoms with E-state index in [1.54, 1.807) is 30.1 Å². The molecule has 1 amide bonds. The van der Waals surface area contributed by atoms with Gasteiger partial charge < -0.3 is 10.1 Å². The van der Waals surface area contributed by atoms with Crippen molar-refractivity contribution in [2.24, 2.45) is 5.92 Å². The largest absolute Gasteiger partial charge is 0.496 e. The van der Waals surface area contributed by atoms with Crippen LogP contribution in [0.2, 0.25) is 0 Å². The van der Waals surface area contributed by atoms with Gasteiger partial charge in [-0.3, -0.25) is 9.48 Å². The van der Waals surface area contributed by atoms with E-state index in [0.29, 0.717) is 34.7 Å². The number of imidazole rings is 1. The Balaban J connectivity index is 1.49. The number of amides is 1. The smallest absolute Gasteiger partial charge is 0.260 e. The molecule has 5 rings (SSSR count). The first kappa shape index (κ1) is 18.6. The van der Waals surface area contributed by atoms with Crippen LogP contribution in [0.5, 0.6) is 5.75 Å². The average Bonchev–Trinajstić information content (AvgIpc) is 3.36. The molecule has 1 N–H and O–H groups in total. The number of carbonyl (C=O) groups excluding carboxylic acids is 1. The predicted octanol–water partition coefficient (Wildman–Crippen LogP) is 4.09. The summed E-state index contributed by atoms with van der Waals surface area (Å²) in [6.45, 7) is 2.29. The Kier molecular flexibility index (Phi) is 4.61. The number of rotatable bonds is 4. The molecule has 1 aliphatic rings. The predicted molar refractivity (Wildman–Crippen MR) is 114 cm³/mol. The van der Waals surface area contributed by atoms with E-state index in [1.165, 1.54) is 19.3 Å². The van der Waals surface area contributed by atoms with Gasteiger partial charge in [-0.25, -0.2) is 4.98 Å². The van der Waals surface area contributed by atoms with Gasteiger partial charge in [0.25, 0.3) is 5.91 Å². The fourth-order valence-corrected chi connectivity index (χ4v) is 4.38. The SMILES string of the molecule is COc1cc2nn(C3CCCC[C@H]3C)cc2cc1C(=O)Nc1cnc2cccnn12. The van der Waals surface area contributed by atoms with Crippen LogP contribution in [-0.4, -0.2) is 37.4 Å². The van der Waals surface area contributed by atoms with Crippen LogP contribution in [0, 0.1) is 5.92 Å². The zero-order chi connectivity index (χ0) is 20.7. The van der Waals surface area contributed by atoms with Crippen LogP contribution >= 0.6 is 0 Å². The normalized spacial score (nSPS) is 19.3. The lowest BCUT2D eigenvalue weighted by atomic mass is 9.86. The second-order valence-corrected chi connectivity index (χ2v) is 7.94. The molecule has 0 saturated heterocycles. The highest BCUT2D eigenvalue weighted by Gasteiger charge is 2.24. The Morgan fingerprint density at radius 3 is 2.97 bits per heavy atom. The number of hydrogen-bond acceptors (Lipinski definition) is 5. The number of fused-ring (bicyclic) bond motifs is 2. The molecule has 8 nitrogen and oxygen atoms in total. The van der Waals surface area contributed by atoms with Gasteiger partial charge in [0.1, 0.15) is 5.75 Å². The molecule has 1 fully saturated rings. The van der Waals surface area contributed by atoms with Gasteiger partial charge in [-0.05, 0) is 37.0 Å². The lowest BCUT2D eigenvalue weighted by Gasteiger charge is -2.28. The van der Waals surface area contributed by atoms with Crippen molar-refractivity contribution >= 4 is 28.3 Å². The van der Waals surface area contributed by atoms with Crippen molar-refractivity contribution in [3.63, 3.8) is 0 Å². The van der Waals surface area contributed by atoms with Gasteiger partial charge in [0.05, 0.1) is 30.4 Å². The highest BCUT2D eigenvalue weighted by atomic mass is 16.5. The van der Waals surface area contributed by atoms with E-state index in [4.69, 9.17) is 9.84 Å². The molecular weight excluding hydrogens is 380 g/mol. The summed E-state index contributed by atoms with van der Waals surface area (Å²) in [5, 5.41) is 12.8. The molecule has 0 aliphatic heterocycles. The number of methoxy groups -OCH3 is 1. The van der Waals surface area contributed by atoms with Gasteiger partial charge in [-0.15, -0.1) is 0 Å². The van der Waals surface area contributed by atoms with Crippen LogP contribution < -0.4 is 10.1 Å². The number of anilines is 1. The molecule has 8 heteroatoms. The maximum Gasteiger partial charge on any atom is 0.260 e. The van der Waals surface area contributed by atoms with Crippen molar-refractivity contribution < 1.29 is 9.53 Å². The number of aromatic nitrogens is 5. The first-order valence-corrected chi connectivity index (χ1v) is 10.3. The second-order valence-electron chi connectivity index (χ2n) is 7.94. The Bertz CT molecular complexity index is 1230. The molecule has 4 aromatic rings. The van der Waals surface area contributed by atoms with Crippen molar-refractivity contribution in [1.82, 2.24) is 24.4 Å². The van der Waals surface area contributed by atoms with E-state index in [0.717, 1.165) is 17.3 Å². The van der Waals surface area contributed by atoms with E-state index in [-0.39, 0.29) is 5.91 Å². The molecule has 0 radical (unpaired) electrons. The molecule has 2 atom stereocenters. The number of hydrogen-bond donors (Lipinski definition) is 1. The van der Waals surface area contributed by atoms with Gasteiger partial charge in [0.15, 0.2) is 11.5 Å². The van der Waals surface area contributed by atoms with E-state index in [1.807, 2.05) is 24.4 Å². The average molecular weight is 404 g/mol. The van der Waals surface area contributed by atoms with Gasteiger partial charge in [0, 0.05) is 23.8 Å². The number of nitrogens with one attached hydrogen (secondary N) is 1. The minimum absolute atomic E-state index is 0.278. The zero-order valence-electron chi connectivity index (χ0n) is 17.1. The Morgan fingerprint density at radius 2 is 2.13 bits per heavy atom. The topological polar surface area (TPSA) is 86.3 Å². The van der Waals surface area contributed by atoms with Crippen molar-refractivity contribution in [3.05, 3.63) is 48.4 Å². The summed E-state index contributed by atoms with van der Waals surface area (Å²) >= 11 is 0. The fourth-order valence-electron chi connectivity index (χ4n) is 4.38. The quantitative estimate of drug-likeness (QED) is 0.554. The maximum atomic E-state index is 13.1. The van der Waals surface area contributed by atoms with Gasteiger partial charge >= 0.3 is 0 Å². The molecule has 30 heavy (non-hydrogen) atoms. The lowest BCUT2D eigenvalue weighted by Crippen LogP contribution is -2.21. The lowest BCUT2D eigenvalue weighted by molar-refractivity contribution is 0.102. The van der Waals surface area contributed by atoms with Crippen LogP contribution in [0.25, 0.3) is 16.6 Å². The molecule has 3 heterocycles. The molecule has 0 spiro atoms. The van der Waals surface area contributed by atoms with Crippen LogP contribution in [0.15, 0.2) is 42.9 Å². The second kappa shape index (κ2) is 7.44. The van der Waals surface area contributed by atoms with Crippen molar-refractivity contribution in [2.75, 3.05) is 12.4 Å². The Morgan fingerprint density at radius 1 is 1.27 bits per heavy atom. The number of benzene rings is 1. The summed E-state index contributed by atoms with van der Waals surface area (Å²) in [7, 11) is 1.56. The van der Waals surface area contributed by atoms with Crippen LogP contribution in [0.3, 0.4) is 0 Å². The molecular formula is C22H24N6O2. The summed E-state index contributed by atoms with van der Waals surface area (Å²) in [6, 6.07) is 7.71. The van der Waals surface area contributed by atoms with Gasteiger partial charge in [-0.1, -0.05) is 19.8 Å². The molecule has 154 valence electrons. The standard InChI is InChI=1S/C22H24N6O2/c1-14-6-3-4-7-18(14)27-13-15-10-16(19(30-2)11-17(15)26-27)22(29)25-21-12-23-20-8-5-9-24-28(20)21/h5,8-14,18H,3-4,6-7H2,1-2H3,(H,25,29)/t14-,18?/m1/s1. The minimum Gasteiger partial charge on any atom is -0.496 e. The summed E-state index contributed by atoms with van der Waals surface area (Å²) in [5.41, 5.74) is 1.95. The Labute approximate surface area is 173 Å². The van der Waals surface area contributed by atoms with Gasteiger partial charge in [-0.2, -0.15) is 14.7 Å². The molecule has 1 unspecified atom stereocenters. The number of carbonyl (C=O) groups is 1. The maximum absolute atomic E-state index is 13.1. The van der Waals surface area contributed by atoms with Crippen molar-refractivity contribution in [1.29, 1.82) is 0 Å². The molecule has 1 aromatic carbocycles. The summed E-state index contributed by atoms with van der Waals surface area (Å²) in [5.74, 6) is 1.31. The highest BCUT2D eigenvalue weighted by Crippen LogP contribution is 2.35. The first-order chi connectivity index (χ1) is 14.6. The van der Waals surface area contributed by atoms with Crippen LogP contribution in [0.1, 0.15) is 49.0 Å². The van der Waals surface area contributed by atoms with E-state index >= 15 is 0 Å².